The highest BCUT2D eigenvalue weighted by Gasteiger charge is 2.16. The zero-order chi connectivity index (χ0) is 12.5. The summed E-state index contributed by atoms with van der Waals surface area (Å²) in [4.78, 5) is 5.44. The number of thiophene rings is 1. The monoisotopic (exact) mass is 262 g/mol. The number of hydrogen-bond acceptors (Lipinski definition) is 7. The highest BCUT2D eigenvalue weighted by Crippen LogP contribution is 2.33. The van der Waals surface area contributed by atoms with E-state index in [0.717, 1.165) is 12.0 Å². The first-order chi connectivity index (χ1) is 8.78. The summed E-state index contributed by atoms with van der Waals surface area (Å²) < 4.78 is 5.20. The fourth-order valence-corrected chi connectivity index (χ4v) is 2.41. The van der Waals surface area contributed by atoms with Crippen LogP contribution in [0.4, 0.5) is 5.00 Å². The van der Waals surface area contributed by atoms with E-state index in [1.807, 2.05) is 6.07 Å². The first kappa shape index (κ1) is 10.9. The van der Waals surface area contributed by atoms with E-state index in [-0.39, 0.29) is 0 Å². The minimum absolute atomic E-state index is 0.391. The van der Waals surface area contributed by atoms with Gasteiger partial charge in [-0.15, -0.1) is 11.3 Å². The Balaban J connectivity index is 2.00. The molecule has 0 spiro atoms. The van der Waals surface area contributed by atoms with Crippen molar-refractivity contribution in [3.63, 3.8) is 0 Å². The summed E-state index contributed by atoms with van der Waals surface area (Å²) in [5, 5.41) is 14.6. The number of nitrogens with zero attached hydrogens (tertiary/aromatic N) is 4. The number of H-pyrrole nitrogens is 1. The summed E-state index contributed by atoms with van der Waals surface area (Å²) in [6.07, 6.45) is 2.46. The average Bonchev–Trinajstić information content (AvgIpc) is 3.08. The Hall–Kier alpha value is -2.22. The molecule has 3 aromatic heterocycles. The van der Waals surface area contributed by atoms with Crippen LogP contribution in [0.1, 0.15) is 11.8 Å². The van der Waals surface area contributed by atoms with E-state index < -0.39 is 0 Å². The molecule has 0 aliphatic rings. The number of hydrogen-bond donors (Lipinski definition) is 2. The second-order valence-corrected chi connectivity index (χ2v) is 4.79. The molecule has 0 saturated carbocycles. The van der Waals surface area contributed by atoms with Gasteiger partial charge in [-0.25, -0.2) is 0 Å². The van der Waals surface area contributed by atoms with E-state index in [1.54, 1.807) is 0 Å². The van der Waals surface area contributed by atoms with Crippen LogP contribution < -0.4 is 5.73 Å². The first-order valence-electron chi connectivity index (χ1n) is 5.36. The molecule has 0 aromatic carbocycles. The molecular formula is C10H10N6OS. The van der Waals surface area contributed by atoms with Gasteiger partial charge < -0.3 is 10.3 Å². The van der Waals surface area contributed by atoms with Gasteiger partial charge in [-0.3, -0.25) is 0 Å². The van der Waals surface area contributed by atoms with Crippen LogP contribution in [0, 0.1) is 0 Å². The van der Waals surface area contributed by atoms with Crippen molar-refractivity contribution in [1.82, 2.24) is 25.6 Å². The maximum atomic E-state index is 5.93. The molecule has 3 heterocycles. The van der Waals surface area contributed by atoms with Crippen LogP contribution in [-0.2, 0) is 6.42 Å². The van der Waals surface area contributed by atoms with Crippen molar-refractivity contribution in [2.75, 3.05) is 5.73 Å². The lowest BCUT2D eigenvalue weighted by Crippen LogP contribution is -1.84. The highest BCUT2D eigenvalue weighted by molar-refractivity contribution is 7.16. The van der Waals surface area contributed by atoms with Gasteiger partial charge in [0.25, 0.3) is 5.89 Å². The zero-order valence-corrected chi connectivity index (χ0v) is 10.4. The minimum atomic E-state index is 0.391. The Morgan fingerprint density at radius 2 is 2.39 bits per heavy atom. The summed E-state index contributed by atoms with van der Waals surface area (Å²) in [5.74, 6) is 0.795. The number of nitrogens with one attached hydrogen (secondary N) is 1. The van der Waals surface area contributed by atoms with Crippen molar-refractivity contribution in [2.45, 2.75) is 13.3 Å². The van der Waals surface area contributed by atoms with E-state index in [9.17, 15) is 0 Å². The van der Waals surface area contributed by atoms with Crippen molar-refractivity contribution in [2.24, 2.45) is 0 Å². The van der Waals surface area contributed by atoms with E-state index in [1.165, 1.54) is 22.4 Å². The fraction of sp³-hybridized carbons (Fsp3) is 0.200. The molecule has 0 amide bonds. The van der Waals surface area contributed by atoms with Crippen LogP contribution in [-0.4, -0.2) is 25.6 Å². The van der Waals surface area contributed by atoms with E-state index in [0.29, 0.717) is 22.4 Å². The smallest absolute Gasteiger partial charge is 0.261 e. The maximum Gasteiger partial charge on any atom is 0.261 e. The van der Waals surface area contributed by atoms with Crippen LogP contribution in [0.15, 0.2) is 16.8 Å². The van der Waals surface area contributed by atoms with Gasteiger partial charge in [-0.05, 0) is 12.5 Å². The molecule has 92 valence electrons. The predicted octanol–water partition coefficient (Wildman–Crippen LogP) is 1.73. The molecule has 3 N–H and O–H groups in total. The lowest BCUT2D eigenvalue weighted by Gasteiger charge is -1.88. The Morgan fingerprint density at radius 1 is 1.50 bits per heavy atom. The lowest BCUT2D eigenvalue weighted by atomic mass is 10.2. The molecule has 0 saturated heterocycles. The number of anilines is 1. The van der Waals surface area contributed by atoms with Gasteiger partial charge in [0.1, 0.15) is 0 Å². The van der Waals surface area contributed by atoms with Crippen LogP contribution in [0.3, 0.4) is 0 Å². The van der Waals surface area contributed by atoms with E-state index >= 15 is 0 Å². The van der Waals surface area contributed by atoms with Crippen molar-refractivity contribution < 1.29 is 4.52 Å². The molecule has 0 aliphatic heterocycles. The van der Waals surface area contributed by atoms with Crippen LogP contribution in [0.2, 0.25) is 0 Å². The Morgan fingerprint density at radius 3 is 3.06 bits per heavy atom. The third-order valence-electron chi connectivity index (χ3n) is 2.46. The summed E-state index contributed by atoms with van der Waals surface area (Å²) >= 11 is 1.53. The van der Waals surface area contributed by atoms with Crippen LogP contribution >= 0.6 is 11.3 Å². The Labute approximate surface area is 106 Å². The van der Waals surface area contributed by atoms with Gasteiger partial charge in [0.15, 0.2) is 5.69 Å². The molecule has 0 unspecified atom stereocenters. The van der Waals surface area contributed by atoms with Gasteiger partial charge >= 0.3 is 0 Å². The Bertz CT molecular complexity index is 656. The molecule has 0 fully saturated rings. The van der Waals surface area contributed by atoms with Gasteiger partial charge in [0.2, 0.25) is 5.82 Å². The molecular weight excluding hydrogens is 252 g/mol. The van der Waals surface area contributed by atoms with Crippen molar-refractivity contribution in [3.05, 3.63) is 17.1 Å². The second kappa shape index (κ2) is 4.22. The molecule has 0 bridgehead atoms. The molecule has 0 aliphatic carbocycles. The number of nitrogen functional groups attached to an aromatic ring is 1. The van der Waals surface area contributed by atoms with Crippen molar-refractivity contribution in [1.29, 1.82) is 0 Å². The fourth-order valence-electron chi connectivity index (χ4n) is 1.55. The second-order valence-electron chi connectivity index (χ2n) is 3.62. The molecule has 0 radical (unpaired) electrons. The molecule has 0 atom stereocenters. The van der Waals surface area contributed by atoms with Gasteiger partial charge in [-0.2, -0.15) is 20.4 Å². The quantitative estimate of drug-likeness (QED) is 0.744. The van der Waals surface area contributed by atoms with Gasteiger partial charge in [0.05, 0.1) is 16.8 Å². The van der Waals surface area contributed by atoms with Crippen LogP contribution in [0.25, 0.3) is 23.0 Å². The molecule has 7 nitrogen and oxygen atoms in total. The minimum Gasteiger partial charge on any atom is -0.390 e. The van der Waals surface area contributed by atoms with Gasteiger partial charge in [-0.1, -0.05) is 12.1 Å². The third kappa shape index (κ3) is 1.76. The molecule has 18 heavy (non-hydrogen) atoms. The third-order valence-corrected chi connectivity index (χ3v) is 3.57. The summed E-state index contributed by atoms with van der Waals surface area (Å²) in [6.45, 7) is 2.07. The predicted molar refractivity (Wildman–Crippen MR) is 66.8 cm³/mol. The number of rotatable bonds is 3. The largest absolute Gasteiger partial charge is 0.390 e. The SMILES string of the molecule is CCc1cc(-c2nc(-c3cn[nH]n3)no2)c(N)s1. The maximum absolute atomic E-state index is 5.93. The van der Waals surface area contributed by atoms with E-state index in [4.69, 9.17) is 10.3 Å². The highest BCUT2D eigenvalue weighted by atomic mass is 32.1. The average molecular weight is 262 g/mol. The summed E-state index contributed by atoms with van der Waals surface area (Å²) in [6, 6.07) is 1.97. The summed E-state index contributed by atoms with van der Waals surface area (Å²) in [5.41, 5.74) is 7.25. The lowest BCUT2D eigenvalue weighted by molar-refractivity contribution is 0.432. The molecule has 8 heteroatoms. The topological polar surface area (TPSA) is 107 Å². The first-order valence-corrected chi connectivity index (χ1v) is 6.18. The molecule has 3 rings (SSSR count). The number of aryl methyl sites for hydroxylation is 1. The standard InChI is InChI=1S/C10H10N6OS/c1-2-5-3-6(8(11)18-5)10-13-9(15-17-10)7-4-12-16-14-7/h3-4H,2,11H2,1H3,(H,12,14,16). The van der Waals surface area contributed by atoms with Crippen molar-refractivity contribution in [3.8, 4) is 23.0 Å². The number of nitrogens with two attached hydrogens (primary N) is 1. The normalized spacial score (nSPS) is 10.9. The van der Waals surface area contributed by atoms with Crippen molar-refractivity contribution >= 4 is 16.3 Å². The zero-order valence-electron chi connectivity index (χ0n) is 9.54. The van der Waals surface area contributed by atoms with Gasteiger partial charge in [0, 0.05) is 4.88 Å². The number of aromatic amines is 1. The summed E-state index contributed by atoms with van der Waals surface area (Å²) in [7, 11) is 0. The van der Waals surface area contributed by atoms with E-state index in [2.05, 4.69) is 32.5 Å². The Kier molecular flexibility index (Phi) is 2.56. The molecule has 3 aromatic rings. The number of aromatic nitrogens is 5. The van der Waals surface area contributed by atoms with Crippen LogP contribution in [0.5, 0.6) is 0 Å².